The molecule has 1 aromatic rings. The van der Waals surface area contributed by atoms with Gasteiger partial charge in [0.25, 0.3) is 0 Å². The summed E-state index contributed by atoms with van der Waals surface area (Å²) in [5.41, 5.74) is 0.834. The molecule has 18 heavy (non-hydrogen) atoms. The molecule has 0 saturated carbocycles. The van der Waals surface area contributed by atoms with E-state index in [4.69, 9.17) is 0 Å². The number of rotatable bonds is 4. The van der Waals surface area contributed by atoms with Gasteiger partial charge in [-0.25, -0.2) is 8.42 Å². The quantitative estimate of drug-likeness (QED) is 0.839. The Kier molecular flexibility index (Phi) is 4.42. The average Bonchev–Trinajstić information content (AvgIpc) is 2.38. The van der Waals surface area contributed by atoms with Crippen molar-refractivity contribution in [1.82, 2.24) is 4.90 Å². The number of hydrogen-bond acceptors (Lipinski definition) is 3. The van der Waals surface area contributed by atoms with E-state index in [1.807, 2.05) is 30.3 Å². The molecule has 98 valence electrons. The molecule has 1 fully saturated rings. The van der Waals surface area contributed by atoms with Gasteiger partial charge in [0.1, 0.15) is 0 Å². The van der Waals surface area contributed by atoms with Crippen LogP contribution in [0.15, 0.2) is 41.9 Å². The Balaban J connectivity index is 1.96. The van der Waals surface area contributed by atoms with E-state index in [1.54, 1.807) is 6.20 Å². The molecule has 4 heteroatoms. The lowest BCUT2D eigenvalue weighted by Crippen LogP contribution is -2.24. The van der Waals surface area contributed by atoms with E-state index in [0.29, 0.717) is 0 Å². The Hall–Kier alpha value is -1.29. The fraction of sp³-hybridized carbons (Fsp3) is 0.429. The van der Waals surface area contributed by atoms with Crippen molar-refractivity contribution in [3.05, 3.63) is 47.5 Å². The molecule has 0 radical (unpaired) electrons. The lowest BCUT2D eigenvalue weighted by Gasteiger charge is -2.24. The fourth-order valence-corrected chi connectivity index (χ4v) is 3.21. The molecule has 0 bridgehead atoms. The van der Waals surface area contributed by atoms with Gasteiger partial charge in [-0.15, -0.1) is 0 Å². The highest BCUT2D eigenvalue weighted by atomic mass is 32.2. The van der Waals surface area contributed by atoms with E-state index in [-0.39, 0.29) is 5.75 Å². The summed E-state index contributed by atoms with van der Waals surface area (Å²) in [7, 11) is -3.16. The van der Waals surface area contributed by atoms with Gasteiger partial charge in [-0.1, -0.05) is 30.3 Å². The van der Waals surface area contributed by atoms with Crippen LogP contribution in [0.5, 0.6) is 0 Å². The Morgan fingerprint density at radius 2 is 1.72 bits per heavy atom. The van der Waals surface area contributed by atoms with Crippen LogP contribution in [0.4, 0.5) is 0 Å². The third kappa shape index (κ3) is 4.18. The second-order valence-corrected chi connectivity index (χ2v) is 6.56. The SMILES string of the molecule is O=S(=O)(/C=C/N1CCCCC1)Cc1ccccc1. The minimum absolute atomic E-state index is 0.0815. The highest BCUT2D eigenvalue weighted by Crippen LogP contribution is 2.11. The number of hydrogen-bond donors (Lipinski definition) is 0. The highest BCUT2D eigenvalue weighted by Gasteiger charge is 2.10. The van der Waals surface area contributed by atoms with Crippen LogP contribution < -0.4 is 0 Å². The summed E-state index contributed by atoms with van der Waals surface area (Å²) in [6.45, 7) is 1.94. The zero-order valence-electron chi connectivity index (χ0n) is 10.5. The Labute approximate surface area is 109 Å². The van der Waals surface area contributed by atoms with Crippen molar-refractivity contribution in [1.29, 1.82) is 0 Å². The zero-order valence-corrected chi connectivity index (χ0v) is 11.3. The summed E-state index contributed by atoms with van der Waals surface area (Å²) in [6, 6.07) is 9.29. The minimum atomic E-state index is -3.16. The normalized spacial score (nSPS) is 17.2. The van der Waals surface area contributed by atoms with Crippen LogP contribution in [0.3, 0.4) is 0 Å². The first-order valence-electron chi connectivity index (χ1n) is 6.35. The monoisotopic (exact) mass is 265 g/mol. The molecule has 1 aliphatic rings. The predicted octanol–water partition coefficient (Wildman–Crippen LogP) is 2.56. The van der Waals surface area contributed by atoms with E-state index in [9.17, 15) is 8.42 Å². The second kappa shape index (κ2) is 6.05. The summed E-state index contributed by atoms with van der Waals surface area (Å²) < 4.78 is 23.9. The topological polar surface area (TPSA) is 37.4 Å². The summed E-state index contributed by atoms with van der Waals surface area (Å²) in [5, 5.41) is 1.35. The van der Waals surface area contributed by atoms with Gasteiger partial charge >= 0.3 is 0 Å². The number of sulfone groups is 1. The zero-order chi connectivity index (χ0) is 12.8. The molecular formula is C14H19NO2S. The van der Waals surface area contributed by atoms with E-state index >= 15 is 0 Å². The van der Waals surface area contributed by atoms with Gasteiger partial charge in [0, 0.05) is 24.7 Å². The number of piperidine rings is 1. The molecule has 0 unspecified atom stereocenters. The van der Waals surface area contributed by atoms with Crippen LogP contribution in [-0.2, 0) is 15.6 Å². The highest BCUT2D eigenvalue weighted by molar-refractivity contribution is 7.93. The van der Waals surface area contributed by atoms with Crippen molar-refractivity contribution < 1.29 is 8.42 Å². The second-order valence-electron chi connectivity index (χ2n) is 4.67. The van der Waals surface area contributed by atoms with Crippen molar-refractivity contribution in [3.8, 4) is 0 Å². The van der Waals surface area contributed by atoms with Crippen LogP contribution >= 0.6 is 0 Å². The average molecular weight is 265 g/mol. The van der Waals surface area contributed by atoms with Crippen molar-refractivity contribution in [3.63, 3.8) is 0 Å². The molecule has 1 saturated heterocycles. The van der Waals surface area contributed by atoms with Crippen molar-refractivity contribution in [2.75, 3.05) is 13.1 Å². The van der Waals surface area contributed by atoms with Gasteiger partial charge in [0.15, 0.2) is 9.84 Å². The maximum Gasteiger partial charge on any atom is 0.177 e. The van der Waals surface area contributed by atoms with Crippen LogP contribution in [0.1, 0.15) is 24.8 Å². The molecule has 1 heterocycles. The summed E-state index contributed by atoms with van der Waals surface area (Å²) in [4.78, 5) is 2.09. The molecule has 2 rings (SSSR count). The molecule has 0 N–H and O–H groups in total. The third-order valence-corrected chi connectivity index (χ3v) is 4.35. The van der Waals surface area contributed by atoms with Gasteiger partial charge in [-0.05, 0) is 24.8 Å². The maximum absolute atomic E-state index is 11.9. The molecule has 0 atom stereocenters. The van der Waals surface area contributed by atoms with Crippen molar-refractivity contribution in [2.24, 2.45) is 0 Å². The van der Waals surface area contributed by atoms with Crippen molar-refractivity contribution >= 4 is 9.84 Å². The Morgan fingerprint density at radius 1 is 1.06 bits per heavy atom. The van der Waals surface area contributed by atoms with E-state index in [2.05, 4.69) is 4.90 Å². The minimum Gasteiger partial charge on any atom is -0.377 e. The van der Waals surface area contributed by atoms with Crippen molar-refractivity contribution in [2.45, 2.75) is 25.0 Å². The summed E-state index contributed by atoms with van der Waals surface area (Å²) >= 11 is 0. The summed E-state index contributed by atoms with van der Waals surface area (Å²) in [6.07, 6.45) is 5.30. The number of nitrogens with zero attached hydrogens (tertiary/aromatic N) is 1. The molecule has 0 aromatic heterocycles. The fourth-order valence-electron chi connectivity index (χ4n) is 2.10. The van der Waals surface area contributed by atoms with E-state index in [0.717, 1.165) is 31.5 Å². The molecule has 1 aliphatic heterocycles. The molecule has 0 aliphatic carbocycles. The first-order valence-corrected chi connectivity index (χ1v) is 8.06. The Bertz CT molecular complexity index is 488. The molecule has 0 spiro atoms. The Morgan fingerprint density at radius 3 is 2.39 bits per heavy atom. The largest absolute Gasteiger partial charge is 0.377 e. The van der Waals surface area contributed by atoms with Crippen LogP contribution in [-0.4, -0.2) is 26.4 Å². The van der Waals surface area contributed by atoms with Crippen LogP contribution in [0, 0.1) is 0 Å². The van der Waals surface area contributed by atoms with Gasteiger partial charge in [-0.2, -0.15) is 0 Å². The van der Waals surface area contributed by atoms with E-state index in [1.165, 1.54) is 11.8 Å². The molecule has 1 aromatic carbocycles. The number of likely N-dealkylation sites (tertiary alicyclic amines) is 1. The van der Waals surface area contributed by atoms with Gasteiger partial charge in [-0.3, -0.25) is 0 Å². The van der Waals surface area contributed by atoms with Crippen LogP contribution in [0.25, 0.3) is 0 Å². The van der Waals surface area contributed by atoms with Gasteiger partial charge < -0.3 is 4.90 Å². The smallest absolute Gasteiger partial charge is 0.177 e. The summed E-state index contributed by atoms with van der Waals surface area (Å²) in [5.74, 6) is 0.0815. The number of benzene rings is 1. The predicted molar refractivity (Wildman–Crippen MR) is 73.6 cm³/mol. The first-order chi connectivity index (χ1) is 8.66. The standard InChI is InChI=1S/C14H19NO2S/c16-18(17,13-14-7-3-1-4-8-14)12-11-15-9-5-2-6-10-15/h1,3-4,7-8,11-12H,2,5-6,9-10,13H2/b12-11+. The molecular weight excluding hydrogens is 246 g/mol. The van der Waals surface area contributed by atoms with Gasteiger partial charge in [0.05, 0.1) is 5.75 Å². The first kappa shape index (κ1) is 13.1. The molecule has 3 nitrogen and oxygen atoms in total. The third-order valence-electron chi connectivity index (χ3n) is 3.08. The van der Waals surface area contributed by atoms with Crippen LogP contribution in [0.2, 0.25) is 0 Å². The van der Waals surface area contributed by atoms with Gasteiger partial charge in [0.2, 0.25) is 0 Å². The lowest BCUT2D eigenvalue weighted by molar-refractivity contribution is 0.310. The lowest BCUT2D eigenvalue weighted by atomic mass is 10.1. The van der Waals surface area contributed by atoms with E-state index < -0.39 is 9.84 Å². The maximum atomic E-state index is 11.9. The molecule has 0 amide bonds.